The first-order chi connectivity index (χ1) is 10.5. The molecule has 1 aromatic carbocycles. The molecule has 1 aliphatic heterocycles. The Bertz CT molecular complexity index is 451. The number of aliphatic hydroxyl groups is 1. The molecule has 1 atom stereocenters. The summed E-state index contributed by atoms with van der Waals surface area (Å²) in [5.41, 5.74) is 2.04. The van der Waals surface area contributed by atoms with Gasteiger partial charge in [0.1, 0.15) is 0 Å². The fraction of sp³-hybridized carbons (Fsp3) is 0.667. The van der Waals surface area contributed by atoms with Crippen LogP contribution in [0.15, 0.2) is 24.3 Å². The summed E-state index contributed by atoms with van der Waals surface area (Å²) in [4.78, 5) is 0. The average molecular weight is 304 g/mol. The highest BCUT2D eigenvalue weighted by Gasteiger charge is 2.33. The number of benzene rings is 1. The van der Waals surface area contributed by atoms with Gasteiger partial charge in [0.25, 0.3) is 0 Å². The predicted molar refractivity (Wildman–Crippen MR) is 91.2 cm³/mol. The molecule has 0 bridgehead atoms. The summed E-state index contributed by atoms with van der Waals surface area (Å²) in [6, 6.07) is 8.00. The van der Waals surface area contributed by atoms with Crippen molar-refractivity contribution in [2.75, 3.05) is 13.2 Å². The van der Waals surface area contributed by atoms with Gasteiger partial charge >= 0.3 is 7.12 Å². The molecule has 22 heavy (non-hydrogen) atoms. The van der Waals surface area contributed by atoms with Crippen LogP contribution in [0.5, 0.6) is 0 Å². The molecule has 4 heteroatoms. The molecule has 1 fully saturated rings. The summed E-state index contributed by atoms with van der Waals surface area (Å²) in [6.07, 6.45) is 5.16. The van der Waals surface area contributed by atoms with Gasteiger partial charge in [0.05, 0.1) is 6.10 Å². The molecular formula is C18H29BO3. The maximum atomic E-state index is 10.3. The minimum absolute atomic E-state index is 0.0763. The van der Waals surface area contributed by atoms with Crippen LogP contribution in [0.25, 0.3) is 0 Å². The molecule has 1 aliphatic rings. The summed E-state index contributed by atoms with van der Waals surface area (Å²) in [7, 11) is -0.305. The molecular weight excluding hydrogens is 275 g/mol. The first-order valence-corrected chi connectivity index (χ1v) is 8.53. The van der Waals surface area contributed by atoms with Gasteiger partial charge < -0.3 is 14.4 Å². The van der Waals surface area contributed by atoms with Gasteiger partial charge in [-0.15, -0.1) is 0 Å². The Morgan fingerprint density at radius 3 is 2.59 bits per heavy atom. The lowest BCUT2D eigenvalue weighted by Gasteiger charge is -2.33. The third-order valence-corrected chi connectivity index (χ3v) is 4.15. The van der Waals surface area contributed by atoms with Gasteiger partial charge in [-0.05, 0) is 17.4 Å². The van der Waals surface area contributed by atoms with Crippen LogP contribution < -0.4 is 5.46 Å². The van der Waals surface area contributed by atoms with Crippen molar-refractivity contribution in [2.24, 2.45) is 5.41 Å². The molecule has 1 unspecified atom stereocenters. The minimum atomic E-state index is -0.392. The highest BCUT2D eigenvalue weighted by molar-refractivity contribution is 6.61. The lowest BCUT2D eigenvalue weighted by Crippen LogP contribution is -2.47. The van der Waals surface area contributed by atoms with Gasteiger partial charge in [-0.3, -0.25) is 0 Å². The molecule has 0 amide bonds. The molecule has 0 aromatic heterocycles. The molecule has 3 nitrogen and oxygen atoms in total. The van der Waals surface area contributed by atoms with Gasteiger partial charge in [0, 0.05) is 18.6 Å². The van der Waals surface area contributed by atoms with E-state index in [2.05, 4.69) is 20.8 Å². The number of aliphatic hydroxyl groups excluding tert-OH is 1. The zero-order chi connectivity index (χ0) is 16.0. The number of hydrogen-bond acceptors (Lipinski definition) is 3. The van der Waals surface area contributed by atoms with Crippen LogP contribution in [-0.2, 0) is 9.31 Å². The van der Waals surface area contributed by atoms with Crippen molar-refractivity contribution in [2.45, 2.75) is 59.0 Å². The zero-order valence-electron chi connectivity index (χ0n) is 14.2. The van der Waals surface area contributed by atoms with E-state index in [0.717, 1.165) is 23.9 Å². The summed E-state index contributed by atoms with van der Waals surface area (Å²) >= 11 is 0. The summed E-state index contributed by atoms with van der Waals surface area (Å²) in [5.74, 6) is 0. The van der Waals surface area contributed by atoms with Crippen LogP contribution in [0.1, 0.15) is 64.5 Å². The fourth-order valence-electron chi connectivity index (χ4n) is 2.73. The van der Waals surface area contributed by atoms with Gasteiger partial charge in [-0.2, -0.15) is 0 Å². The molecule has 0 saturated carbocycles. The van der Waals surface area contributed by atoms with Gasteiger partial charge in [0.15, 0.2) is 0 Å². The Balaban J connectivity index is 1.92. The van der Waals surface area contributed by atoms with Crippen molar-refractivity contribution in [3.8, 4) is 0 Å². The normalized spacial score (nSPS) is 19.2. The molecule has 1 saturated heterocycles. The van der Waals surface area contributed by atoms with E-state index in [1.165, 1.54) is 19.3 Å². The second-order valence-electron chi connectivity index (χ2n) is 7.15. The predicted octanol–water partition coefficient (Wildman–Crippen LogP) is 3.46. The molecule has 0 spiro atoms. The molecule has 0 radical (unpaired) electrons. The topological polar surface area (TPSA) is 38.7 Å². The van der Waals surface area contributed by atoms with Crippen LogP contribution in [0.3, 0.4) is 0 Å². The van der Waals surface area contributed by atoms with Crippen LogP contribution >= 0.6 is 0 Å². The van der Waals surface area contributed by atoms with E-state index in [-0.39, 0.29) is 12.5 Å². The Labute approximate surface area is 135 Å². The van der Waals surface area contributed by atoms with E-state index < -0.39 is 6.10 Å². The first-order valence-electron chi connectivity index (χ1n) is 8.53. The first kappa shape index (κ1) is 17.5. The van der Waals surface area contributed by atoms with E-state index in [4.69, 9.17) is 9.31 Å². The highest BCUT2D eigenvalue weighted by atomic mass is 16.6. The van der Waals surface area contributed by atoms with Crippen LogP contribution in [0.4, 0.5) is 0 Å². The smallest absolute Gasteiger partial charge is 0.407 e. The monoisotopic (exact) mass is 304 g/mol. The number of rotatable bonds is 7. The van der Waals surface area contributed by atoms with E-state index in [1.807, 2.05) is 24.3 Å². The van der Waals surface area contributed by atoms with Crippen LogP contribution in [0, 0.1) is 5.41 Å². The summed E-state index contributed by atoms with van der Waals surface area (Å²) in [5, 5.41) is 10.3. The second kappa shape index (κ2) is 8.14. The Morgan fingerprint density at radius 1 is 1.18 bits per heavy atom. The maximum Gasteiger partial charge on any atom is 0.493 e. The van der Waals surface area contributed by atoms with E-state index in [1.54, 1.807) is 0 Å². The minimum Gasteiger partial charge on any atom is -0.407 e. The van der Waals surface area contributed by atoms with E-state index in [0.29, 0.717) is 13.2 Å². The lowest BCUT2D eigenvalue weighted by atomic mass is 9.75. The molecule has 1 heterocycles. The number of unbranched alkanes of at least 4 members (excludes halogenated alkanes) is 3. The molecule has 1 N–H and O–H groups in total. The van der Waals surface area contributed by atoms with Crippen molar-refractivity contribution in [1.29, 1.82) is 0 Å². The second-order valence-corrected chi connectivity index (χ2v) is 7.15. The van der Waals surface area contributed by atoms with Crippen molar-refractivity contribution >= 4 is 12.6 Å². The van der Waals surface area contributed by atoms with Gasteiger partial charge in [-0.1, -0.05) is 70.7 Å². The summed E-state index contributed by atoms with van der Waals surface area (Å²) in [6.45, 7) is 7.87. The average Bonchev–Trinajstić information content (AvgIpc) is 2.51. The molecule has 122 valence electrons. The third-order valence-electron chi connectivity index (χ3n) is 4.15. The lowest BCUT2D eigenvalue weighted by molar-refractivity contribution is 0.0343. The Morgan fingerprint density at radius 2 is 1.91 bits per heavy atom. The number of hydrogen-bond donors (Lipinski definition) is 1. The van der Waals surface area contributed by atoms with Crippen molar-refractivity contribution in [3.05, 3.63) is 29.8 Å². The van der Waals surface area contributed by atoms with Crippen LogP contribution in [0.2, 0.25) is 0 Å². The SMILES string of the molecule is CCCCCCC(O)c1cccc(B2OCC(C)(C)CO2)c1. The van der Waals surface area contributed by atoms with E-state index in [9.17, 15) is 5.11 Å². The Kier molecular flexibility index (Phi) is 6.48. The van der Waals surface area contributed by atoms with E-state index >= 15 is 0 Å². The Hall–Kier alpha value is -0.835. The molecule has 1 aromatic rings. The highest BCUT2D eigenvalue weighted by Crippen LogP contribution is 2.23. The van der Waals surface area contributed by atoms with Gasteiger partial charge in [0.2, 0.25) is 0 Å². The quantitative estimate of drug-likeness (QED) is 0.619. The third kappa shape index (κ3) is 5.11. The van der Waals surface area contributed by atoms with Crippen molar-refractivity contribution in [1.82, 2.24) is 0 Å². The zero-order valence-corrected chi connectivity index (χ0v) is 14.2. The molecule has 2 rings (SSSR count). The van der Waals surface area contributed by atoms with Gasteiger partial charge in [-0.25, -0.2) is 0 Å². The summed E-state index contributed by atoms with van der Waals surface area (Å²) < 4.78 is 11.6. The van der Waals surface area contributed by atoms with Crippen molar-refractivity contribution in [3.63, 3.8) is 0 Å². The maximum absolute atomic E-state index is 10.3. The van der Waals surface area contributed by atoms with Crippen LogP contribution in [-0.4, -0.2) is 25.4 Å². The standard InChI is InChI=1S/C18H29BO3/c1-4-5-6-7-11-17(20)15-9-8-10-16(12-15)19-21-13-18(2,3)14-22-19/h8-10,12,17,20H,4-7,11,13-14H2,1-3H3. The van der Waals surface area contributed by atoms with Crippen molar-refractivity contribution < 1.29 is 14.4 Å². The fourth-order valence-corrected chi connectivity index (χ4v) is 2.73. The largest absolute Gasteiger partial charge is 0.493 e. The molecule has 0 aliphatic carbocycles.